The van der Waals surface area contributed by atoms with E-state index in [4.69, 9.17) is 5.26 Å². The van der Waals surface area contributed by atoms with E-state index >= 15 is 0 Å². The minimum Gasteiger partial charge on any atom is -0.481 e. The van der Waals surface area contributed by atoms with E-state index in [2.05, 4.69) is 5.32 Å². The van der Waals surface area contributed by atoms with E-state index in [9.17, 15) is 14.7 Å². The number of carbonyl (C=O) groups is 2. The molecule has 0 aliphatic carbocycles. The zero-order valence-electron chi connectivity index (χ0n) is 13.4. The quantitative estimate of drug-likeness (QED) is 0.845. The van der Waals surface area contributed by atoms with Crippen LogP contribution in [0.4, 0.5) is 0 Å². The number of nitrogens with one attached hydrogen (secondary N) is 1. The molecule has 0 saturated carbocycles. The molecule has 0 aromatic heterocycles. The lowest BCUT2D eigenvalue weighted by Gasteiger charge is -2.32. The van der Waals surface area contributed by atoms with Crippen molar-refractivity contribution in [2.45, 2.75) is 40.2 Å². The molecule has 0 bridgehead atoms. The molecule has 1 atom stereocenters. The van der Waals surface area contributed by atoms with E-state index in [1.807, 2.05) is 19.9 Å². The second kappa shape index (κ2) is 7.08. The molecule has 2 N–H and O–H groups in total. The van der Waals surface area contributed by atoms with Gasteiger partial charge >= 0.3 is 5.97 Å². The summed E-state index contributed by atoms with van der Waals surface area (Å²) in [6, 6.07) is 7.77. The van der Waals surface area contributed by atoms with E-state index in [0.29, 0.717) is 17.5 Å². The molecular formula is C17H22N2O3. The summed E-state index contributed by atoms with van der Waals surface area (Å²) in [4.78, 5) is 23.8. The average Bonchev–Trinajstić information content (AvgIpc) is 2.45. The highest BCUT2D eigenvalue weighted by Gasteiger charge is 2.38. The number of carboxylic acids is 1. The van der Waals surface area contributed by atoms with Crippen LogP contribution in [0.2, 0.25) is 0 Å². The molecule has 0 spiro atoms. The Morgan fingerprint density at radius 2 is 1.82 bits per heavy atom. The van der Waals surface area contributed by atoms with Crippen LogP contribution in [0.1, 0.15) is 50.0 Å². The molecule has 0 heterocycles. The summed E-state index contributed by atoms with van der Waals surface area (Å²) >= 11 is 0. The molecule has 22 heavy (non-hydrogen) atoms. The second-order valence-electron chi connectivity index (χ2n) is 6.37. The summed E-state index contributed by atoms with van der Waals surface area (Å²) in [5, 5.41) is 21.0. The van der Waals surface area contributed by atoms with Crippen LogP contribution in [-0.4, -0.2) is 23.0 Å². The van der Waals surface area contributed by atoms with Gasteiger partial charge in [-0.25, -0.2) is 0 Å². The van der Waals surface area contributed by atoms with Crippen molar-refractivity contribution in [2.75, 3.05) is 0 Å². The molecule has 0 unspecified atom stereocenters. The van der Waals surface area contributed by atoms with Gasteiger partial charge < -0.3 is 10.4 Å². The number of amides is 1. The molecule has 0 radical (unpaired) electrons. The maximum absolute atomic E-state index is 12.3. The van der Waals surface area contributed by atoms with Gasteiger partial charge in [0, 0.05) is 11.6 Å². The zero-order valence-corrected chi connectivity index (χ0v) is 13.4. The smallest absolute Gasteiger partial charge is 0.311 e. The van der Waals surface area contributed by atoms with Crippen molar-refractivity contribution in [3.8, 4) is 6.07 Å². The topological polar surface area (TPSA) is 90.2 Å². The third-order valence-corrected chi connectivity index (χ3v) is 3.71. The molecule has 1 aromatic carbocycles. The average molecular weight is 302 g/mol. The summed E-state index contributed by atoms with van der Waals surface area (Å²) in [7, 11) is 0. The number of nitriles is 1. The van der Waals surface area contributed by atoms with Crippen molar-refractivity contribution in [1.29, 1.82) is 5.26 Å². The fraction of sp³-hybridized carbons (Fsp3) is 0.471. The van der Waals surface area contributed by atoms with Gasteiger partial charge in [-0.2, -0.15) is 5.26 Å². The van der Waals surface area contributed by atoms with Crippen LogP contribution >= 0.6 is 0 Å². The number of rotatable bonds is 6. The Bertz CT molecular complexity index is 583. The summed E-state index contributed by atoms with van der Waals surface area (Å²) < 4.78 is 0. The lowest BCUT2D eigenvalue weighted by molar-refractivity contribution is -0.148. The van der Waals surface area contributed by atoms with Crippen LogP contribution in [0.15, 0.2) is 24.3 Å². The first kappa shape index (κ1) is 17.7. The number of nitrogens with zero attached hydrogens (tertiary/aromatic N) is 1. The van der Waals surface area contributed by atoms with Crippen LogP contribution in [0.25, 0.3) is 0 Å². The fourth-order valence-electron chi connectivity index (χ4n) is 2.09. The summed E-state index contributed by atoms with van der Waals surface area (Å²) in [5.41, 5.74) is -0.179. The maximum atomic E-state index is 12.3. The molecule has 0 aliphatic heterocycles. The van der Waals surface area contributed by atoms with E-state index in [-0.39, 0.29) is 11.8 Å². The highest BCUT2D eigenvalue weighted by Crippen LogP contribution is 2.26. The second-order valence-corrected chi connectivity index (χ2v) is 6.37. The summed E-state index contributed by atoms with van der Waals surface area (Å²) in [6.07, 6.45) is 0.571. The van der Waals surface area contributed by atoms with Crippen molar-refractivity contribution in [3.63, 3.8) is 0 Å². The molecule has 1 aromatic rings. The minimum atomic E-state index is -1.06. The summed E-state index contributed by atoms with van der Waals surface area (Å²) in [5.74, 6) is -1.02. The largest absolute Gasteiger partial charge is 0.481 e. The van der Waals surface area contributed by atoms with Gasteiger partial charge in [0.2, 0.25) is 0 Å². The molecule has 1 rings (SSSR count). The third kappa shape index (κ3) is 4.32. The van der Waals surface area contributed by atoms with Crippen molar-refractivity contribution in [2.24, 2.45) is 11.3 Å². The first-order valence-corrected chi connectivity index (χ1v) is 7.23. The van der Waals surface area contributed by atoms with Crippen LogP contribution < -0.4 is 5.32 Å². The van der Waals surface area contributed by atoms with E-state index in [0.717, 1.165) is 0 Å². The standard InChI is InChI=1S/C17H22N2O3/c1-11(2)9-14(17(3,4)16(21)22)19-15(20)13-7-5-12(10-18)6-8-13/h5-8,11,14H,9H2,1-4H3,(H,19,20)(H,21,22)/t14-/m1/s1. The zero-order chi connectivity index (χ0) is 16.9. The van der Waals surface area contributed by atoms with Gasteiger partial charge in [0.15, 0.2) is 0 Å². The monoisotopic (exact) mass is 302 g/mol. The Balaban J connectivity index is 2.95. The number of benzene rings is 1. The molecule has 0 fully saturated rings. The van der Waals surface area contributed by atoms with Gasteiger partial charge in [0.25, 0.3) is 5.91 Å². The van der Waals surface area contributed by atoms with Gasteiger partial charge in [0.1, 0.15) is 0 Å². The van der Waals surface area contributed by atoms with Crippen molar-refractivity contribution in [1.82, 2.24) is 5.32 Å². The number of aliphatic carboxylic acids is 1. The Labute approximate surface area is 131 Å². The molecule has 118 valence electrons. The molecule has 0 saturated heterocycles. The Kier molecular flexibility index (Phi) is 5.69. The molecule has 0 aliphatic rings. The van der Waals surface area contributed by atoms with Gasteiger partial charge in [-0.1, -0.05) is 13.8 Å². The van der Waals surface area contributed by atoms with Gasteiger partial charge in [-0.15, -0.1) is 0 Å². The lowest BCUT2D eigenvalue weighted by atomic mass is 9.80. The first-order valence-electron chi connectivity index (χ1n) is 7.23. The van der Waals surface area contributed by atoms with Crippen molar-refractivity contribution < 1.29 is 14.7 Å². The third-order valence-electron chi connectivity index (χ3n) is 3.71. The molecule has 1 amide bonds. The highest BCUT2D eigenvalue weighted by atomic mass is 16.4. The normalized spacial score (nSPS) is 12.5. The molecule has 5 nitrogen and oxygen atoms in total. The fourth-order valence-corrected chi connectivity index (χ4v) is 2.09. The van der Waals surface area contributed by atoms with Crippen LogP contribution in [-0.2, 0) is 4.79 Å². The first-order chi connectivity index (χ1) is 10.2. The van der Waals surface area contributed by atoms with E-state index in [1.54, 1.807) is 38.1 Å². The maximum Gasteiger partial charge on any atom is 0.311 e. The Hall–Kier alpha value is -2.35. The molecular weight excluding hydrogens is 280 g/mol. The highest BCUT2D eigenvalue weighted by molar-refractivity contribution is 5.95. The van der Waals surface area contributed by atoms with Crippen LogP contribution in [0.5, 0.6) is 0 Å². The van der Waals surface area contributed by atoms with Gasteiger partial charge in [0.05, 0.1) is 17.0 Å². The SMILES string of the molecule is CC(C)C[C@@H](NC(=O)c1ccc(C#N)cc1)C(C)(C)C(=O)O. The van der Waals surface area contributed by atoms with E-state index < -0.39 is 17.4 Å². The summed E-state index contributed by atoms with van der Waals surface area (Å²) in [6.45, 7) is 7.19. The predicted molar refractivity (Wildman–Crippen MR) is 83.3 cm³/mol. The van der Waals surface area contributed by atoms with Crippen molar-refractivity contribution in [3.05, 3.63) is 35.4 Å². The number of hydrogen-bond donors (Lipinski definition) is 2. The van der Waals surface area contributed by atoms with E-state index in [1.165, 1.54) is 0 Å². The Morgan fingerprint density at radius 3 is 2.23 bits per heavy atom. The number of hydrogen-bond acceptors (Lipinski definition) is 3. The van der Waals surface area contributed by atoms with Gasteiger partial charge in [-0.3, -0.25) is 9.59 Å². The number of carboxylic acid groups (broad SMARTS) is 1. The number of carbonyl (C=O) groups excluding carboxylic acids is 1. The van der Waals surface area contributed by atoms with Crippen LogP contribution in [0.3, 0.4) is 0 Å². The molecule has 5 heteroatoms. The predicted octanol–water partition coefficient (Wildman–Crippen LogP) is 2.81. The minimum absolute atomic E-state index is 0.255. The van der Waals surface area contributed by atoms with Crippen molar-refractivity contribution >= 4 is 11.9 Å². The van der Waals surface area contributed by atoms with Gasteiger partial charge in [-0.05, 0) is 50.5 Å². The lowest BCUT2D eigenvalue weighted by Crippen LogP contribution is -2.49. The van der Waals surface area contributed by atoms with Crippen LogP contribution in [0, 0.1) is 22.7 Å². The Morgan fingerprint density at radius 1 is 1.27 bits per heavy atom.